The van der Waals surface area contributed by atoms with Crippen LogP contribution in [0.4, 0.5) is 0 Å². The molecule has 3 nitrogen and oxygen atoms in total. The number of Topliss-reactive ketones (excluding diaryl/α,β-unsaturated/α-hetero) is 1. The first kappa shape index (κ1) is 23.6. The van der Waals surface area contributed by atoms with Gasteiger partial charge in [-0.1, -0.05) is 86.2 Å². The average molecular weight is 322 g/mol. The molecule has 0 spiro atoms. The SMILES string of the molecule is C.CC(C)(C)C.CC(C)(C)C(=O)CNC(=O)Cc1ccccc1. The maximum atomic E-state index is 11.6. The molecule has 0 unspecified atom stereocenters. The van der Waals surface area contributed by atoms with Gasteiger partial charge < -0.3 is 5.32 Å². The fourth-order valence-electron chi connectivity index (χ4n) is 1.29. The molecule has 0 aliphatic carbocycles. The van der Waals surface area contributed by atoms with Gasteiger partial charge in [0.1, 0.15) is 0 Å². The zero-order valence-corrected chi connectivity index (χ0v) is 15.1. The van der Waals surface area contributed by atoms with Gasteiger partial charge in [0.2, 0.25) is 5.91 Å². The smallest absolute Gasteiger partial charge is 0.224 e. The van der Waals surface area contributed by atoms with Gasteiger partial charge in [-0.15, -0.1) is 0 Å². The third-order valence-corrected chi connectivity index (χ3v) is 2.49. The minimum absolute atomic E-state index is 0. The molecule has 3 heteroatoms. The summed E-state index contributed by atoms with van der Waals surface area (Å²) >= 11 is 0. The van der Waals surface area contributed by atoms with E-state index in [1.165, 1.54) is 0 Å². The van der Waals surface area contributed by atoms with Gasteiger partial charge in [-0.3, -0.25) is 9.59 Å². The molecule has 0 fully saturated rings. The molecule has 0 radical (unpaired) electrons. The van der Waals surface area contributed by atoms with Crippen LogP contribution in [0.2, 0.25) is 0 Å². The van der Waals surface area contributed by atoms with Crippen LogP contribution in [0.15, 0.2) is 30.3 Å². The summed E-state index contributed by atoms with van der Waals surface area (Å²) in [5, 5.41) is 2.65. The van der Waals surface area contributed by atoms with Crippen molar-refractivity contribution in [2.75, 3.05) is 6.54 Å². The Morgan fingerprint density at radius 2 is 1.35 bits per heavy atom. The summed E-state index contributed by atoms with van der Waals surface area (Å²) in [5.41, 5.74) is 1.05. The Kier molecular flexibility index (Phi) is 10.5. The summed E-state index contributed by atoms with van der Waals surface area (Å²) in [6.45, 7) is 14.4. The van der Waals surface area contributed by atoms with Crippen molar-refractivity contribution in [2.24, 2.45) is 10.8 Å². The normalized spacial score (nSPS) is 10.7. The molecule has 1 aromatic carbocycles. The molecule has 0 aliphatic rings. The molecule has 1 amide bonds. The van der Waals surface area contributed by atoms with E-state index in [1.807, 2.05) is 51.1 Å². The van der Waals surface area contributed by atoms with Gasteiger partial charge >= 0.3 is 0 Å². The molecule has 0 bridgehead atoms. The van der Waals surface area contributed by atoms with E-state index in [4.69, 9.17) is 0 Å². The van der Waals surface area contributed by atoms with Crippen molar-refractivity contribution in [3.05, 3.63) is 35.9 Å². The van der Waals surface area contributed by atoms with E-state index in [2.05, 4.69) is 33.0 Å². The molecule has 0 aromatic heterocycles. The van der Waals surface area contributed by atoms with Gasteiger partial charge in [-0.2, -0.15) is 0 Å². The minimum Gasteiger partial charge on any atom is -0.349 e. The Labute approximate surface area is 142 Å². The lowest BCUT2D eigenvalue weighted by Crippen LogP contribution is -2.36. The second-order valence-electron chi connectivity index (χ2n) is 8.11. The number of carbonyl (C=O) groups is 2. The monoisotopic (exact) mass is 321 g/mol. The molecule has 0 saturated carbocycles. The lowest BCUT2D eigenvalue weighted by Gasteiger charge is -2.16. The lowest BCUT2D eigenvalue weighted by atomic mass is 9.91. The van der Waals surface area contributed by atoms with Crippen LogP contribution in [0.5, 0.6) is 0 Å². The van der Waals surface area contributed by atoms with Crippen molar-refractivity contribution < 1.29 is 9.59 Å². The molecular weight excluding hydrogens is 286 g/mol. The van der Waals surface area contributed by atoms with Crippen LogP contribution < -0.4 is 5.32 Å². The Morgan fingerprint density at radius 1 is 0.913 bits per heavy atom. The zero-order chi connectivity index (χ0) is 17.4. The predicted octanol–water partition coefficient (Wildman–Crippen LogP) is 4.65. The van der Waals surface area contributed by atoms with Crippen molar-refractivity contribution in [1.82, 2.24) is 5.32 Å². The number of amides is 1. The van der Waals surface area contributed by atoms with Crippen LogP contribution in [0, 0.1) is 10.8 Å². The Balaban J connectivity index is 0. The Morgan fingerprint density at radius 3 is 1.74 bits per heavy atom. The van der Waals surface area contributed by atoms with Gasteiger partial charge in [0.25, 0.3) is 0 Å². The Bertz CT molecular complexity index is 459. The number of hydrogen-bond donors (Lipinski definition) is 1. The third kappa shape index (κ3) is 15.0. The van der Waals surface area contributed by atoms with Crippen molar-refractivity contribution in [3.63, 3.8) is 0 Å². The first-order valence-corrected chi connectivity index (χ1v) is 7.73. The van der Waals surface area contributed by atoms with E-state index in [0.717, 1.165) is 5.56 Å². The number of ketones is 1. The summed E-state index contributed by atoms with van der Waals surface area (Å²) in [5.74, 6) is -0.0762. The number of benzene rings is 1. The van der Waals surface area contributed by atoms with Gasteiger partial charge in [-0.05, 0) is 11.0 Å². The third-order valence-electron chi connectivity index (χ3n) is 2.49. The second kappa shape index (κ2) is 10.2. The highest BCUT2D eigenvalue weighted by Crippen LogP contribution is 2.13. The first-order chi connectivity index (χ1) is 9.89. The van der Waals surface area contributed by atoms with Crippen LogP contribution in [-0.4, -0.2) is 18.2 Å². The molecular formula is C20H35NO2. The van der Waals surface area contributed by atoms with Crippen molar-refractivity contribution >= 4 is 11.7 Å². The second-order valence-corrected chi connectivity index (χ2v) is 8.11. The molecule has 1 aromatic rings. The van der Waals surface area contributed by atoms with E-state index in [9.17, 15) is 9.59 Å². The van der Waals surface area contributed by atoms with E-state index < -0.39 is 5.41 Å². The standard InChI is InChI=1S/C14H19NO2.C5H12.CH4/c1-14(2,3)12(16)10-15-13(17)9-11-7-5-4-6-8-11;1-5(2,3)4;/h4-8H,9-10H2,1-3H3,(H,15,17);1-4H3;1H4. The van der Waals surface area contributed by atoms with Crippen LogP contribution in [0.3, 0.4) is 0 Å². The molecule has 1 rings (SSSR count). The number of rotatable bonds is 4. The summed E-state index contributed by atoms with van der Waals surface area (Å²) in [7, 11) is 0. The predicted molar refractivity (Wildman–Crippen MR) is 99.5 cm³/mol. The molecule has 0 heterocycles. The number of hydrogen-bond acceptors (Lipinski definition) is 2. The highest BCUT2D eigenvalue weighted by molar-refractivity contribution is 5.89. The highest BCUT2D eigenvalue weighted by atomic mass is 16.2. The summed E-state index contributed by atoms with van der Waals surface area (Å²) < 4.78 is 0. The topological polar surface area (TPSA) is 46.2 Å². The molecule has 23 heavy (non-hydrogen) atoms. The Hall–Kier alpha value is -1.64. The lowest BCUT2D eigenvalue weighted by molar-refractivity contribution is -0.128. The summed E-state index contributed by atoms with van der Waals surface area (Å²) in [6.07, 6.45) is 0.318. The summed E-state index contributed by atoms with van der Waals surface area (Å²) in [4.78, 5) is 23.2. The maximum Gasteiger partial charge on any atom is 0.224 e. The van der Waals surface area contributed by atoms with Crippen LogP contribution >= 0.6 is 0 Å². The number of carbonyl (C=O) groups excluding carboxylic acids is 2. The van der Waals surface area contributed by atoms with Gasteiger partial charge in [-0.25, -0.2) is 0 Å². The molecule has 0 atom stereocenters. The zero-order valence-electron chi connectivity index (χ0n) is 15.1. The van der Waals surface area contributed by atoms with E-state index in [0.29, 0.717) is 11.8 Å². The fraction of sp³-hybridized carbons (Fsp3) is 0.600. The molecule has 0 saturated heterocycles. The highest BCUT2D eigenvalue weighted by Gasteiger charge is 2.21. The molecule has 1 N–H and O–H groups in total. The summed E-state index contributed by atoms with van der Waals surface area (Å²) in [6, 6.07) is 9.48. The van der Waals surface area contributed by atoms with Crippen LogP contribution in [0.1, 0.15) is 61.5 Å². The fourth-order valence-corrected chi connectivity index (χ4v) is 1.29. The van der Waals surface area contributed by atoms with Crippen LogP contribution in [-0.2, 0) is 16.0 Å². The quantitative estimate of drug-likeness (QED) is 0.877. The van der Waals surface area contributed by atoms with Crippen molar-refractivity contribution in [2.45, 2.75) is 62.3 Å². The number of nitrogens with one attached hydrogen (secondary N) is 1. The van der Waals surface area contributed by atoms with Crippen molar-refractivity contribution in [1.29, 1.82) is 0 Å². The molecule has 0 aliphatic heterocycles. The molecule has 132 valence electrons. The van der Waals surface area contributed by atoms with E-state index in [1.54, 1.807) is 0 Å². The van der Waals surface area contributed by atoms with Gasteiger partial charge in [0.05, 0.1) is 13.0 Å². The van der Waals surface area contributed by atoms with Gasteiger partial charge in [0, 0.05) is 5.41 Å². The van der Waals surface area contributed by atoms with E-state index >= 15 is 0 Å². The largest absolute Gasteiger partial charge is 0.349 e. The van der Waals surface area contributed by atoms with Crippen molar-refractivity contribution in [3.8, 4) is 0 Å². The maximum absolute atomic E-state index is 11.6. The van der Waals surface area contributed by atoms with Gasteiger partial charge in [0.15, 0.2) is 5.78 Å². The average Bonchev–Trinajstić information content (AvgIpc) is 2.34. The van der Waals surface area contributed by atoms with E-state index in [-0.39, 0.29) is 25.7 Å². The minimum atomic E-state index is -0.403. The van der Waals surface area contributed by atoms with Crippen LogP contribution in [0.25, 0.3) is 0 Å². The first-order valence-electron chi connectivity index (χ1n) is 7.73.